The number of hydrogen-bond acceptors (Lipinski definition) is 3. The van der Waals surface area contributed by atoms with E-state index in [4.69, 9.17) is 10.5 Å². The van der Waals surface area contributed by atoms with Crippen molar-refractivity contribution >= 4 is 6.09 Å². The quantitative estimate of drug-likeness (QED) is 0.707. The van der Waals surface area contributed by atoms with Crippen LogP contribution in [0.1, 0.15) is 40.0 Å². The minimum atomic E-state index is -1.12. The van der Waals surface area contributed by atoms with Gasteiger partial charge in [-0.15, -0.1) is 0 Å². The van der Waals surface area contributed by atoms with Crippen molar-refractivity contribution in [3.05, 3.63) is 0 Å². The zero-order valence-electron chi connectivity index (χ0n) is 10.6. The maximum absolute atomic E-state index is 13.9. The molecule has 0 saturated carbocycles. The number of fused-ring (bicyclic) bond motifs is 2. The molecule has 2 heterocycles. The van der Waals surface area contributed by atoms with Gasteiger partial charge in [0.1, 0.15) is 11.8 Å². The second-order valence-electron chi connectivity index (χ2n) is 6.03. The Morgan fingerprint density at radius 1 is 1.41 bits per heavy atom. The van der Waals surface area contributed by atoms with E-state index >= 15 is 0 Å². The van der Waals surface area contributed by atoms with Gasteiger partial charge < -0.3 is 10.5 Å². The summed E-state index contributed by atoms with van der Waals surface area (Å²) in [4.78, 5) is 13.6. The minimum absolute atomic E-state index is 0.0526. The van der Waals surface area contributed by atoms with Gasteiger partial charge in [0.05, 0.1) is 6.04 Å². The summed E-state index contributed by atoms with van der Waals surface area (Å²) in [5.41, 5.74) is 5.20. The van der Waals surface area contributed by atoms with Crippen LogP contribution in [0.2, 0.25) is 0 Å². The topological polar surface area (TPSA) is 55.6 Å². The van der Waals surface area contributed by atoms with E-state index in [0.717, 1.165) is 6.42 Å². The van der Waals surface area contributed by atoms with Gasteiger partial charge in [-0.1, -0.05) is 0 Å². The van der Waals surface area contributed by atoms with Crippen molar-refractivity contribution in [2.75, 3.05) is 0 Å². The second-order valence-corrected chi connectivity index (χ2v) is 6.03. The van der Waals surface area contributed by atoms with Crippen molar-refractivity contribution in [3.8, 4) is 0 Å². The fraction of sp³-hybridized carbons (Fsp3) is 0.917. The number of rotatable bonds is 0. The number of piperidine rings is 1. The van der Waals surface area contributed by atoms with Crippen LogP contribution in [0.25, 0.3) is 0 Å². The number of carbonyl (C=O) groups is 1. The van der Waals surface area contributed by atoms with Gasteiger partial charge in [0.2, 0.25) is 0 Å². The van der Waals surface area contributed by atoms with Crippen LogP contribution in [0.5, 0.6) is 0 Å². The minimum Gasteiger partial charge on any atom is -0.444 e. The molecule has 2 saturated heterocycles. The molecule has 17 heavy (non-hydrogen) atoms. The Bertz CT molecular complexity index is 316. The zero-order chi connectivity index (χ0) is 12.8. The van der Waals surface area contributed by atoms with Crippen LogP contribution in [0.15, 0.2) is 0 Å². The summed E-state index contributed by atoms with van der Waals surface area (Å²) in [5, 5.41) is 0. The van der Waals surface area contributed by atoms with E-state index in [0.29, 0.717) is 12.8 Å². The predicted molar refractivity (Wildman–Crippen MR) is 62.4 cm³/mol. The number of hydrogen-bond donors (Lipinski definition) is 1. The lowest BCUT2D eigenvalue weighted by Crippen LogP contribution is -2.57. The lowest BCUT2D eigenvalue weighted by molar-refractivity contribution is -0.00988. The van der Waals surface area contributed by atoms with E-state index in [1.807, 2.05) is 20.8 Å². The molecule has 2 aliphatic heterocycles. The molecule has 5 heteroatoms. The summed E-state index contributed by atoms with van der Waals surface area (Å²) < 4.78 is 19.3. The van der Waals surface area contributed by atoms with Crippen LogP contribution in [0, 0.1) is 0 Å². The largest absolute Gasteiger partial charge is 0.444 e. The van der Waals surface area contributed by atoms with Crippen LogP contribution < -0.4 is 5.73 Å². The van der Waals surface area contributed by atoms with E-state index in [1.165, 1.54) is 0 Å². The molecule has 0 aliphatic carbocycles. The summed E-state index contributed by atoms with van der Waals surface area (Å²) in [6.45, 7) is 5.44. The third-order valence-electron chi connectivity index (χ3n) is 3.47. The molecular formula is C12H21FN2O2. The molecule has 98 valence electrons. The van der Waals surface area contributed by atoms with E-state index in [9.17, 15) is 9.18 Å². The summed E-state index contributed by atoms with van der Waals surface area (Å²) in [5.74, 6) is 0. The van der Waals surface area contributed by atoms with Crippen molar-refractivity contribution in [1.82, 2.24) is 4.90 Å². The van der Waals surface area contributed by atoms with E-state index in [2.05, 4.69) is 0 Å². The molecule has 4 atom stereocenters. The maximum Gasteiger partial charge on any atom is 0.410 e. The summed E-state index contributed by atoms with van der Waals surface area (Å²) >= 11 is 0. The highest BCUT2D eigenvalue weighted by Crippen LogP contribution is 2.37. The van der Waals surface area contributed by atoms with Crippen molar-refractivity contribution in [2.45, 2.75) is 69.9 Å². The molecule has 2 N–H and O–H groups in total. The van der Waals surface area contributed by atoms with Crippen molar-refractivity contribution in [2.24, 2.45) is 5.73 Å². The van der Waals surface area contributed by atoms with Crippen LogP contribution in [0.3, 0.4) is 0 Å². The highest BCUT2D eigenvalue weighted by atomic mass is 19.1. The normalized spacial score (nSPS) is 37.1. The molecule has 0 aromatic heterocycles. The Labute approximate surface area is 101 Å². The number of ether oxygens (including phenoxy) is 1. The fourth-order valence-corrected chi connectivity index (χ4v) is 2.78. The Morgan fingerprint density at radius 2 is 2.06 bits per heavy atom. The molecule has 2 rings (SSSR count). The van der Waals surface area contributed by atoms with E-state index in [-0.39, 0.29) is 6.04 Å². The first-order valence-corrected chi connectivity index (χ1v) is 6.20. The zero-order valence-corrected chi connectivity index (χ0v) is 10.6. The fourth-order valence-electron chi connectivity index (χ4n) is 2.78. The molecule has 2 unspecified atom stereocenters. The SMILES string of the molecule is CC(C)(C)OC(=O)N1C2CCC1[C@H](F)[C@H](N)C2. The van der Waals surface area contributed by atoms with Gasteiger partial charge in [-0.2, -0.15) is 0 Å². The summed E-state index contributed by atoms with van der Waals surface area (Å²) in [7, 11) is 0. The van der Waals surface area contributed by atoms with E-state index in [1.54, 1.807) is 4.90 Å². The van der Waals surface area contributed by atoms with Crippen molar-refractivity contribution in [3.63, 3.8) is 0 Å². The predicted octanol–water partition coefficient (Wildman–Crippen LogP) is 1.82. The van der Waals surface area contributed by atoms with Gasteiger partial charge in [0.15, 0.2) is 0 Å². The van der Waals surface area contributed by atoms with Crippen LogP contribution >= 0.6 is 0 Å². The first-order valence-electron chi connectivity index (χ1n) is 6.20. The van der Waals surface area contributed by atoms with Crippen LogP contribution in [0.4, 0.5) is 9.18 Å². The highest BCUT2D eigenvalue weighted by molar-refractivity contribution is 5.70. The molecule has 0 radical (unpaired) electrons. The third-order valence-corrected chi connectivity index (χ3v) is 3.47. The lowest BCUT2D eigenvalue weighted by Gasteiger charge is -2.40. The monoisotopic (exact) mass is 244 g/mol. The number of nitrogens with zero attached hydrogens (tertiary/aromatic N) is 1. The Hall–Kier alpha value is -0.840. The van der Waals surface area contributed by atoms with Gasteiger partial charge >= 0.3 is 6.09 Å². The highest BCUT2D eigenvalue weighted by Gasteiger charge is 2.49. The van der Waals surface area contributed by atoms with Gasteiger partial charge in [0, 0.05) is 12.1 Å². The van der Waals surface area contributed by atoms with Gasteiger partial charge in [-0.05, 0) is 40.0 Å². The molecule has 2 bridgehead atoms. The second kappa shape index (κ2) is 4.12. The molecule has 2 aliphatic rings. The molecule has 0 spiro atoms. The Balaban J connectivity index is 2.10. The average Bonchev–Trinajstić information content (AvgIpc) is 2.51. The standard InChI is InChI=1S/C12H21FN2O2/c1-12(2,3)17-11(16)15-7-4-5-9(15)10(13)8(14)6-7/h7-10H,4-6,14H2,1-3H3/t7?,8-,9?,10-/m1/s1. The first-order chi connectivity index (χ1) is 7.79. The Kier molecular flexibility index (Phi) is 3.06. The number of halogens is 1. The third kappa shape index (κ3) is 2.39. The summed E-state index contributed by atoms with van der Waals surface area (Å²) in [6, 6.07) is -0.776. The molecule has 0 aromatic carbocycles. The maximum atomic E-state index is 13.9. The van der Waals surface area contributed by atoms with Crippen molar-refractivity contribution < 1.29 is 13.9 Å². The van der Waals surface area contributed by atoms with Gasteiger partial charge in [-0.3, -0.25) is 4.90 Å². The van der Waals surface area contributed by atoms with Crippen LogP contribution in [-0.2, 0) is 4.74 Å². The average molecular weight is 244 g/mol. The lowest BCUT2D eigenvalue weighted by atomic mass is 9.97. The number of amides is 1. The van der Waals surface area contributed by atoms with Crippen molar-refractivity contribution in [1.29, 1.82) is 0 Å². The number of alkyl halides is 1. The molecular weight excluding hydrogens is 223 g/mol. The molecule has 4 nitrogen and oxygen atoms in total. The van der Waals surface area contributed by atoms with E-state index < -0.39 is 29.9 Å². The first kappa shape index (κ1) is 12.6. The summed E-state index contributed by atoms with van der Waals surface area (Å²) in [6.07, 6.45) is 0.536. The van der Waals surface area contributed by atoms with Crippen LogP contribution in [-0.4, -0.2) is 40.9 Å². The molecule has 2 fully saturated rings. The smallest absolute Gasteiger partial charge is 0.410 e. The molecule has 0 aromatic rings. The van der Waals surface area contributed by atoms with Gasteiger partial charge in [0.25, 0.3) is 0 Å². The molecule has 1 amide bonds. The Morgan fingerprint density at radius 3 is 2.65 bits per heavy atom. The van der Waals surface area contributed by atoms with Gasteiger partial charge in [-0.25, -0.2) is 9.18 Å². The number of nitrogens with two attached hydrogens (primary N) is 1. The number of carbonyl (C=O) groups excluding carboxylic acids is 1.